The standard InChI is InChI=1S/C40H74NO8P/c1-6-8-10-12-14-16-18-19-20-21-23-24-26-28-30-32-39(42)46-36-38(37-48-50(44,45)47-35-34-41(3,4)5)49-40(43)33-31-29-27-25-22-17-15-13-11-9-7-2/h14,16,19-20,23-24,38H,6-13,15,17-18,21-22,25-37H2,1-5H3/p+1/b16-14+,20-19+,24-23+/t38-/m1/s1. The van der Waals surface area contributed by atoms with E-state index < -0.39 is 32.5 Å². The Bertz CT molecular complexity index is 959. The molecule has 0 aliphatic heterocycles. The molecule has 0 rings (SSSR count). The molecule has 0 aromatic heterocycles. The van der Waals surface area contributed by atoms with Crippen molar-refractivity contribution in [2.45, 2.75) is 161 Å². The highest BCUT2D eigenvalue weighted by atomic mass is 31.2. The average Bonchev–Trinajstić information content (AvgIpc) is 3.06. The van der Waals surface area contributed by atoms with Crippen molar-refractivity contribution in [2.75, 3.05) is 47.5 Å². The molecule has 9 nitrogen and oxygen atoms in total. The largest absolute Gasteiger partial charge is 0.472 e. The fourth-order valence-corrected chi connectivity index (χ4v) is 5.76. The van der Waals surface area contributed by atoms with Crippen LogP contribution < -0.4 is 0 Å². The molecule has 10 heteroatoms. The fraction of sp³-hybridized carbons (Fsp3) is 0.800. The molecule has 2 atom stereocenters. The molecule has 0 fully saturated rings. The third-order valence-electron chi connectivity index (χ3n) is 8.17. The second kappa shape index (κ2) is 33.1. The number of likely N-dealkylation sites (N-methyl/N-ethyl adjacent to an activating group) is 1. The summed E-state index contributed by atoms with van der Waals surface area (Å²) in [5.74, 6) is -0.845. The number of hydrogen-bond donors (Lipinski definition) is 1. The molecule has 1 unspecified atom stereocenters. The van der Waals surface area contributed by atoms with Crippen molar-refractivity contribution in [3.8, 4) is 0 Å². The van der Waals surface area contributed by atoms with Gasteiger partial charge >= 0.3 is 19.8 Å². The Hall–Kier alpha value is -1.77. The second-order valence-corrected chi connectivity index (χ2v) is 15.8. The number of carbonyl (C=O) groups excluding carboxylic acids is 2. The normalized spacial score (nSPS) is 14.1. The van der Waals surface area contributed by atoms with Crippen LogP contribution in [0.3, 0.4) is 0 Å². The van der Waals surface area contributed by atoms with E-state index in [1.165, 1.54) is 70.6 Å². The van der Waals surface area contributed by atoms with Gasteiger partial charge in [0.2, 0.25) is 0 Å². The van der Waals surface area contributed by atoms with Crippen LogP contribution >= 0.6 is 7.82 Å². The Morgan fingerprint density at radius 3 is 1.64 bits per heavy atom. The van der Waals surface area contributed by atoms with Gasteiger partial charge in [-0.1, -0.05) is 127 Å². The summed E-state index contributed by atoms with van der Waals surface area (Å²) >= 11 is 0. The minimum atomic E-state index is -4.37. The van der Waals surface area contributed by atoms with Crippen LogP contribution in [-0.2, 0) is 32.7 Å². The maximum absolute atomic E-state index is 12.6. The van der Waals surface area contributed by atoms with E-state index in [0.717, 1.165) is 44.9 Å². The maximum atomic E-state index is 12.6. The summed E-state index contributed by atoms with van der Waals surface area (Å²) in [6.45, 7) is 4.32. The van der Waals surface area contributed by atoms with Crippen LogP contribution in [0.25, 0.3) is 0 Å². The molecule has 0 aromatic carbocycles. The zero-order chi connectivity index (χ0) is 37.2. The molecule has 0 spiro atoms. The molecule has 0 saturated heterocycles. The van der Waals surface area contributed by atoms with Gasteiger partial charge in [0, 0.05) is 12.8 Å². The van der Waals surface area contributed by atoms with E-state index in [4.69, 9.17) is 18.5 Å². The van der Waals surface area contributed by atoms with E-state index in [-0.39, 0.29) is 26.1 Å². The fourth-order valence-electron chi connectivity index (χ4n) is 5.02. The number of carbonyl (C=O) groups is 2. The van der Waals surface area contributed by atoms with E-state index in [1.807, 2.05) is 21.1 Å². The van der Waals surface area contributed by atoms with Crippen LogP contribution in [-0.4, -0.2) is 74.9 Å². The summed E-state index contributed by atoms with van der Waals surface area (Å²) in [6.07, 6.45) is 34.8. The molecule has 50 heavy (non-hydrogen) atoms. The first kappa shape index (κ1) is 48.2. The van der Waals surface area contributed by atoms with Crippen LogP contribution in [0, 0.1) is 0 Å². The van der Waals surface area contributed by atoms with Gasteiger partial charge in [0.15, 0.2) is 6.10 Å². The lowest BCUT2D eigenvalue weighted by molar-refractivity contribution is -0.870. The lowest BCUT2D eigenvalue weighted by Gasteiger charge is -2.24. The number of rotatable bonds is 35. The molecule has 1 N–H and O–H groups in total. The zero-order valence-corrected chi connectivity index (χ0v) is 33.5. The van der Waals surface area contributed by atoms with Crippen molar-refractivity contribution in [1.82, 2.24) is 0 Å². The van der Waals surface area contributed by atoms with Gasteiger partial charge in [0.1, 0.15) is 19.8 Å². The molecular formula is C40H75NO8P+. The van der Waals surface area contributed by atoms with E-state index in [1.54, 1.807) is 0 Å². The summed E-state index contributed by atoms with van der Waals surface area (Å²) in [5.41, 5.74) is 0. The Balaban J connectivity index is 4.49. The quantitative estimate of drug-likeness (QED) is 0.0226. The molecule has 0 aliphatic rings. The number of phosphoric acid groups is 1. The van der Waals surface area contributed by atoms with E-state index in [9.17, 15) is 19.0 Å². The number of quaternary nitrogens is 1. The highest BCUT2D eigenvalue weighted by Gasteiger charge is 2.27. The second-order valence-electron chi connectivity index (χ2n) is 14.3. The molecule has 292 valence electrons. The molecule has 0 saturated carbocycles. The first-order chi connectivity index (χ1) is 24.0. The molecule has 0 aliphatic carbocycles. The van der Waals surface area contributed by atoms with Gasteiger partial charge < -0.3 is 18.9 Å². The average molecular weight is 729 g/mol. The lowest BCUT2D eigenvalue weighted by atomic mass is 10.1. The summed E-state index contributed by atoms with van der Waals surface area (Å²) in [7, 11) is 1.45. The van der Waals surface area contributed by atoms with Crippen LogP contribution in [0.5, 0.6) is 0 Å². The molecule has 0 amide bonds. The first-order valence-electron chi connectivity index (χ1n) is 19.7. The van der Waals surface area contributed by atoms with Crippen molar-refractivity contribution < 1.29 is 42.1 Å². The third-order valence-corrected chi connectivity index (χ3v) is 9.16. The Labute approximate surface area is 306 Å². The van der Waals surface area contributed by atoms with E-state index >= 15 is 0 Å². The highest BCUT2D eigenvalue weighted by Crippen LogP contribution is 2.43. The van der Waals surface area contributed by atoms with Crippen LogP contribution in [0.4, 0.5) is 0 Å². The van der Waals surface area contributed by atoms with Gasteiger partial charge in [-0.05, 0) is 51.4 Å². The van der Waals surface area contributed by atoms with Gasteiger partial charge in [-0.3, -0.25) is 18.6 Å². The summed E-state index contributed by atoms with van der Waals surface area (Å²) < 4.78 is 34.1. The number of phosphoric ester groups is 1. The summed E-state index contributed by atoms with van der Waals surface area (Å²) in [6, 6.07) is 0. The predicted molar refractivity (Wildman–Crippen MR) is 206 cm³/mol. The van der Waals surface area contributed by atoms with Crippen LogP contribution in [0.2, 0.25) is 0 Å². The van der Waals surface area contributed by atoms with Crippen molar-refractivity contribution in [3.63, 3.8) is 0 Å². The molecule has 0 heterocycles. The molecule has 0 bridgehead atoms. The monoisotopic (exact) mass is 729 g/mol. The number of allylic oxidation sites excluding steroid dienone is 6. The minimum absolute atomic E-state index is 0.0261. The number of unbranched alkanes of at least 4 members (excludes halogenated alkanes) is 15. The number of esters is 2. The minimum Gasteiger partial charge on any atom is -0.462 e. The van der Waals surface area contributed by atoms with Gasteiger partial charge in [-0.25, -0.2) is 4.57 Å². The van der Waals surface area contributed by atoms with Crippen molar-refractivity contribution >= 4 is 19.8 Å². The lowest BCUT2D eigenvalue weighted by Crippen LogP contribution is -2.37. The van der Waals surface area contributed by atoms with Crippen molar-refractivity contribution in [2.24, 2.45) is 0 Å². The summed E-state index contributed by atoms with van der Waals surface area (Å²) in [4.78, 5) is 35.2. The third kappa shape index (κ3) is 36.0. The van der Waals surface area contributed by atoms with Gasteiger partial charge in [-0.2, -0.15) is 0 Å². The van der Waals surface area contributed by atoms with Crippen molar-refractivity contribution in [1.29, 1.82) is 0 Å². The van der Waals surface area contributed by atoms with E-state index in [2.05, 4.69) is 50.3 Å². The van der Waals surface area contributed by atoms with Gasteiger partial charge in [-0.15, -0.1) is 0 Å². The predicted octanol–water partition coefficient (Wildman–Crippen LogP) is 10.6. The Morgan fingerprint density at radius 1 is 0.620 bits per heavy atom. The topological polar surface area (TPSA) is 108 Å². The zero-order valence-electron chi connectivity index (χ0n) is 32.6. The Kier molecular flexibility index (Phi) is 31.9. The SMILES string of the molecule is CCCCC/C=C/C/C=C/C/C=C/CCCCC(=O)OC[C@H](COP(=O)(O)OCC[N+](C)(C)C)OC(=O)CCCCCCCCCCCCC. The number of nitrogens with zero attached hydrogens (tertiary/aromatic N) is 1. The Morgan fingerprint density at radius 2 is 1.08 bits per heavy atom. The van der Waals surface area contributed by atoms with Crippen LogP contribution in [0.15, 0.2) is 36.5 Å². The maximum Gasteiger partial charge on any atom is 0.472 e. The number of hydrogen-bond acceptors (Lipinski definition) is 7. The van der Waals surface area contributed by atoms with Crippen LogP contribution in [0.1, 0.15) is 155 Å². The van der Waals surface area contributed by atoms with Crippen molar-refractivity contribution in [3.05, 3.63) is 36.5 Å². The van der Waals surface area contributed by atoms with Gasteiger partial charge in [0.25, 0.3) is 0 Å². The smallest absolute Gasteiger partial charge is 0.462 e. The molecular weight excluding hydrogens is 653 g/mol. The van der Waals surface area contributed by atoms with E-state index in [0.29, 0.717) is 23.9 Å². The molecule has 0 aromatic rings. The summed E-state index contributed by atoms with van der Waals surface area (Å²) in [5, 5.41) is 0. The molecule has 0 radical (unpaired) electrons. The highest BCUT2D eigenvalue weighted by molar-refractivity contribution is 7.47. The van der Waals surface area contributed by atoms with Gasteiger partial charge in [0.05, 0.1) is 27.7 Å². The first-order valence-corrected chi connectivity index (χ1v) is 21.2. The number of ether oxygens (including phenoxy) is 2.